The van der Waals surface area contributed by atoms with Crippen LogP contribution in [0.3, 0.4) is 0 Å². The predicted molar refractivity (Wildman–Crippen MR) is 64.6 cm³/mol. The Morgan fingerprint density at radius 2 is 2.12 bits per heavy atom. The maximum absolute atomic E-state index is 11.2. The van der Waals surface area contributed by atoms with E-state index in [0.717, 1.165) is 0 Å². The van der Waals surface area contributed by atoms with Gasteiger partial charge >= 0.3 is 5.97 Å². The first kappa shape index (κ1) is 14.1. The van der Waals surface area contributed by atoms with Gasteiger partial charge in [0.05, 0.1) is 12.1 Å². The standard InChI is InChI=1S/C11H12Cl2O4/c1-11(15,10(14)16-2)6-17-8-5-3-4-7(12)9(8)13/h3-5,15H,6H2,1-2H3. The quantitative estimate of drug-likeness (QED) is 0.859. The molecule has 1 aromatic carbocycles. The van der Waals surface area contributed by atoms with E-state index in [4.69, 9.17) is 27.9 Å². The summed E-state index contributed by atoms with van der Waals surface area (Å²) in [5.74, 6) is -0.487. The molecule has 0 spiro atoms. The summed E-state index contributed by atoms with van der Waals surface area (Å²) in [6.07, 6.45) is 0. The van der Waals surface area contributed by atoms with Crippen molar-refractivity contribution in [3.63, 3.8) is 0 Å². The van der Waals surface area contributed by atoms with Crippen molar-refractivity contribution >= 4 is 29.2 Å². The molecule has 0 fully saturated rings. The van der Waals surface area contributed by atoms with Crippen LogP contribution in [0, 0.1) is 0 Å². The van der Waals surface area contributed by atoms with E-state index in [1.807, 2.05) is 0 Å². The lowest BCUT2D eigenvalue weighted by Crippen LogP contribution is -2.42. The van der Waals surface area contributed by atoms with Crippen molar-refractivity contribution in [1.29, 1.82) is 0 Å². The lowest BCUT2D eigenvalue weighted by Gasteiger charge is -2.20. The Kier molecular flexibility index (Phi) is 4.62. The van der Waals surface area contributed by atoms with Crippen LogP contribution in [0.4, 0.5) is 0 Å². The second-order valence-corrected chi connectivity index (χ2v) is 4.39. The van der Waals surface area contributed by atoms with Gasteiger partial charge in [0, 0.05) is 0 Å². The van der Waals surface area contributed by atoms with E-state index in [-0.39, 0.29) is 11.6 Å². The number of carbonyl (C=O) groups excluding carboxylic acids is 1. The molecular formula is C11H12Cl2O4. The highest BCUT2D eigenvalue weighted by Gasteiger charge is 2.32. The van der Waals surface area contributed by atoms with E-state index in [0.29, 0.717) is 10.8 Å². The number of methoxy groups -OCH3 is 1. The first-order valence-corrected chi connectivity index (χ1v) is 5.51. The van der Waals surface area contributed by atoms with Crippen LogP contribution in [0.2, 0.25) is 10.0 Å². The first-order chi connectivity index (χ1) is 7.88. The monoisotopic (exact) mass is 278 g/mol. The van der Waals surface area contributed by atoms with E-state index < -0.39 is 11.6 Å². The molecule has 0 aliphatic rings. The number of esters is 1. The maximum Gasteiger partial charge on any atom is 0.341 e. The summed E-state index contributed by atoms with van der Waals surface area (Å²) in [6.45, 7) is 1.01. The van der Waals surface area contributed by atoms with Crippen molar-refractivity contribution in [2.75, 3.05) is 13.7 Å². The van der Waals surface area contributed by atoms with E-state index in [1.165, 1.54) is 14.0 Å². The van der Waals surface area contributed by atoms with E-state index in [2.05, 4.69) is 4.74 Å². The summed E-state index contributed by atoms with van der Waals surface area (Å²) >= 11 is 11.7. The van der Waals surface area contributed by atoms with Gasteiger partial charge < -0.3 is 14.6 Å². The van der Waals surface area contributed by atoms with Crippen LogP contribution in [0.5, 0.6) is 5.75 Å². The van der Waals surface area contributed by atoms with Crippen molar-refractivity contribution in [3.05, 3.63) is 28.2 Å². The molecule has 0 radical (unpaired) electrons. The zero-order valence-corrected chi connectivity index (χ0v) is 10.9. The summed E-state index contributed by atoms with van der Waals surface area (Å²) in [5.41, 5.74) is -1.74. The smallest absolute Gasteiger partial charge is 0.341 e. The van der Waals surface area contributed by atoms with Crippen molar-refractivity contribution in [3.8, 4) is 5.75 Å². The minimum atomic E-state index is -1.74. The number of ether oxygens (including phenoxy) is 2. The third kappa shape index (κ3) is 3.49. The number of aliphatic hydroxyl groups is 1. The highest BCUT2D eigenvalue weighted by molar-refractivity contribution is 6.42. The molecule has 0 bridgehead atoms. The Morgan fingerprint density at radius 1 is 1.47 bits per heavy atom. The number of hydrogen-bond acceptors (Lipinski definition) is 4. The lowest BCUT2D eigenvalue weighted by molar-refractivity contribution is -0.163. The highest BCUT2D eigenvalue weighted by Crippen LogP contribution is 2.31. The van der Waals surface area contributed by atoms with Crippen molar-refractivity contribution in [2.24, 2.45) is 0 Å². The molecule has 1 N–H and O–H groups in total. The topological polar surface area (TPSA) is 55.8 Å². The van der Waals surface area contributed by atoms with Crippen molar-refractivity contribution < 1.29 is 19.4 Å². The summed E-state index contributed by atoms with van der Waals surface area (Å²) < 4.78 is 9.67. The second kappa shape index (κ2) is 5.58. The van der Waals surface area contributed by atoms with Crippen molar-refractivity contribution in [2.45, 2.75) is 12.5 Å². The fourth-order valence-corrected chi connectivity index (χ4v) is 1.44. The van der Waals surface area contributed by atoms with Crippen LogP contribution < -0.4 is 4.74 Å². The largest absolute Gasteiger partial charge is 0.488 e. The van der Waals surface area contributed by atoms with Gasteiger partial charge in [-0.25, -0.2) is 4.79 Å². The normalized spacial score (nSPS) is 13.9. The molecule has 1 unspecified atom stereocenters. The molecule has 0 saturated heterocycles. The number of halogens is 2. The summed E-state index contributed by atoms with van der Waals surface area (Å²) in [5, 5.41) is 10.3. The van der Waals surface area contributed by atoms with E-state index in [1.54, 1.807) is 18.2 Å². The van der Waals surface area contributed by atoms with Gasteiger partial charge in [-0.2, -0.15) is 0 Å². The van der Waals surface area contributed by atoms with Crippen LogP contribution in [0.15, 0.2) is 18.2 Å². The number of benzene rings is 1. The highest BCUT2D eigenvalue weighted by atomic mass is 35.5. The first-order valence-electron chi connectivity index (χ1n) is 4.76. The molecule has 0 aromatic heterocycles. The number of carbonyl (C=O) groups is 1. The average Bonchev–Trinajstić information content (AvgIpc) is 2.30. The van der Waals surface area contributed by atoms with E-state index in [9.17, 15) is 9.90 Å². The summed E-state index contributed by atoms with van der Waals surface area (Å²) in [6, 6.07) is 4.84. The van der Waals surface area contributed by atoms with Gasteiger partial charge in [-0.1, -0.05) is 29.3 Å². The van der Waals surface area contributed by atoms with Gasteiger partial charge in [-0.05, 0) is 19.1 Å². The molecule has 0 aliphatic carbocycles. The van der Waals surface area contributed by atoms with Crippen LogP contribution in [-0.2, 0) is 9.53 Å². The predicted octanol–water partition coefficient (Wildman–Crippen LogP) is 2.30. The third-order valence-corrected chi connectivity index (χ3v) is 2.85. The molecule has 6 heteroatoms. The molecule has 1 aromatic rings. The Balaban J connectivity index is 2.74. The Morgan fingerprint density at radius 3 is 2.71 bits per heavy atom. The third-order valence-electron chi connectivity index (χ3n) is 2.05. The molecule has 0 aliphatic heterocycles. The molecule has 17 heavy (non-hydrogen) atoms. The Hall–Kier alpha value is -0.970. The SMILES string of the molecule is COC(=O)C(C)(O)COc1cccc(Cl)c1Cl. The molecule has 0 amide bonds. The Bertz CT molecular complexity index is 418. The molecule has 1 rings (SSSR count). The number of hydrogen-bond donors (Lipinski definition) is 1. The molecule has 4 nitrogen and oxygen atoms in total. The Labute approximate surface area is 109 Å². The van der Waals surface area contributed by atoms with Crippen LogP contribution in [-0.4, -0.2) is 30.4 Å². The van der Waals surface area contributed by atoms with E-state index >= 15 is 0 Å². The fourth-order valence-electron chi connectivity index (χ4n) is 1.09. The lowest BCUT2D eigenvalue weighted by atomic mass is 10.1. The second-order valence-electron chi connectivity index (χ2n) is 3.61. The molecule has 0 saturated carbocycles. The minimum Gasteiger partial charge on any atom is -0.488 e. The van der Waals surface area contributed by atoms with Gasteiger partial charge in [-0.3, -0.25) is 0 Å². The molecule has 94 valence electrons. The van der Waals surface area contributed by atoms with Crippen LogP contribution in [0.1, 0.15) is 6.92 Å². The summed E-state index contributed by atoms with van der Waals surface area (Å²) in [7, 11) is 1.18. The minimum absolute atomic E-state index is 0.231. The maximum atomic E-state index is 11.2. The van der Waals surface area contributed by atoms with Gasteiger partial charge in [0.25, 0.3) is 0 Å². The summed E-state index contributed by atoms with van der Waals surface area (Å²) in [4.78, 5) is 11.2. The van der Waals surface area contributed by atoms with Crippen molar-refractivity contribution in [1.82, 2.24) is 0 Å². The average molecular weight is 279 g/mol. The van der Waals surface area contributed by atoms with Gasteiger partial charge in [0.15, 0.2) is 5.60 Å². The molecule has 1 atom stereocenters. The van der Waals surface area contributed by atoms with Crippen LogP contribution in [0.25, 0.3) is 0 Å². The zero-order chi connectivity index (χ0) is 13.1. The molecular weight excluding hydrogens is 267 g/mol. The molecule has 0 heterocycles. The van der Waals surface area contributed by atoms with Gasteiger partial charge in [-0.15, -0.1) is 0 Å². The van der Waals surface area contributed by atoms with Crippen LogP contribution >= 0.6 is 23.2 Å². The fraction of sp³-hybridized carbons (Fsp3) is 0.364. The zero-order valence-electron chi connectivity index (χ0n) is 9.37. The van der Waals surface area contributed by atoms with Gasteiger partial charge in [0.2, 0.25) is 0 Å². The van der Waals surface area contributed by atoms with Gasteiger partial charge in [0.1, 0.15) is 17.4 Å². The number of rotatable bonds is 4.